The molecule has 0 aliphatic heterocycles. The van der Waals surface area contributed by atoms with E-state index in [0.717, 1.165) is 17.0 Å². The summed E-state index contributed by atoms with van der Waals surface area (Å²) in [6, 6.07) is 10.8. The van der Waals surface area contributed by atoms with E-state index in [4.69, 9.17) is 4.74 Å². The molecule has 4 heteroatoms. The highest BCUT2D eigenvalue weighted by Crippen LogP contribution is 2.20. The van der Waals surface area contributed by atoms with Crippen molar-refractivity contribution in [3.63, 3.8) is 0 Å². The van der Waals surface area contributed by atoms with Gasteiger partial charge in [-0.25, -0.2) is 5.10 Å². The van der Waals surface area contributed by atoms with Crippen molar-refractivity contribution in [3.05, 3.63) is 46.8 Å². The third-order valence-electron chi connectivity index (χ3n) is 2.20. The van der Waals surface area contributed by atoms with E-state index >= 15 is 0 Å². The minimum atomic E-state index is -0.200. The van der Waals surface area contributed by atoms with Crippen molar-refractivity contribution in [2.45, 2.75) is 20.0 Å². The molecule has 0 bridgehead atoms. The quantitative estimate of drug-likeness (QED) is 0.879. The molecule has 17 heavy (non-hydrogen) atoms. The molecule has 0 radical (unpaired) electrons. The van der Waals surface area contributed by atoms with Crippen LogP contribution in [0.1, 0.15) is 13.8 Å². The van der Waals surface area contributed by atoms with E-state index in [1.165, 1.54) is 6.07 Å². The SMILES string of the molecule is CC(C)Oc1ccc(-c2ccc(=O)[nH]n2)cc1. The van der Waals surface area contributed by atoms with Crippen LogP contribution in [0.5, 0.6) is 5.75 Å². The molecule has 0 amide bonds. The number of nitrogens with zero attached hydrogens (tertiary/aromatic N) is 1. The fourth-order valence-corrected chi connectivity index (χ4v) is 1.48. The molecule has 0 fully saturated rings. The predicted molar refractivity (Wildman–Crippen MR) is 66.1 cm³/mol. The van der Waals surface area contributed by atoms with Crippen LogP contribution in [0.15, 0.2) is 41.2 Å². The van der Waals surface area contributed by atoms with E-state index in [0.29, 0.717) is 0 Å². The van der Waals surface area contributed by atoms with Gasteiger partial charge >= 0.3 is 0 Å². The Labute approximate surface area is 99.3 Å². The first kappa shape index (κ1) is 11.4. The Hall–Kier alpha value is -2.10. The van der Waals surface area contributed by atoms with Gasteiger partial charge in [0.15, 0.2) is 0 Å². The summed E-state index contributed by atoms with van der Waals surface area (Å²) in [6.45, 7) is 3.97. The second-order valence-corrected chi connectivity index (χ2v) is 4.00. The second kappa shape index (κ2) is 4.82. The van der Waals surface area contributed by atoms with Crippen molar-refractivity contribution in [1.29, 1.82) is 0 Å². The van der Waals surface area contributed by atoms with E-state index in [-0.39, 0.29) is 11.7 Å². The highest BCUT2D eigenvalue weighted by molar-refractivity contribution is 5.59. The summed E-state index contributed by atoms with van der Waals surface area (Å²) >= 11 is 0. The Morgan fingerprint density at radius 1 is 1.12 bits per heavy atom. The topological polar surface area (TPSA) is 55.0 Å². The molecule has 2 aromatic rings. The van der Waals surface area contributed by atoms with Crippen LogP contribution in [0.25, 0.3) is 11.3 Å². The highest BCUT2D eigenvalue weighted by atomic mass is 16.5. The Balaban J connectivity index is 2.23. The average Bonchev–Trinajstić information content (AvgIpc) is 2.30. The zero-order chi connectivity index (χ0) is 12.3. The highest BCUT2D eigenvalue weighted by Gasteiger charge is 2.01. The van der Waals surface area contributed by atoms with Gasteiger partial charge in [-0.3, -0.25) is 4.79 Å². The molecule has 0 atom stereocenters. The number of rotatable bonds is 3. The monoisotopic (exact) mass is 230 g/mol. The van der Waals surface area contributed by atoms with Crippen molar-refractivity contribution in [1.82, 2.24) is 10.2 Å². The van der Waals surface area contributed by atoms with Crippen LogP contribution < -0.4 is 10.3 Å². The Bertz CT molecular complexity index is 524. The number of H-pyrrole nitrogens is 1. The lowest BCUT2D eigenvalue weighted by Gasteiger charge is -2.09. The van der Waals surface area contributed by atoms with E-state index in [1.807, 2.05) is 38.1 Å². The summed E-state index contributed by atoms with van der Waals surface area (Å²) in [4.78, 5) is 10.9. The first-order chi connectivity index (χ1) is 8.15. The van der Waals surface area contributed by atoms with E-state index in [2.05, 4.69) is 10.2 Å². The number of hydrogen-bond acceptors (Lipinski definition) is 3. The molecule has 4 nitrogen and oxygen atoms in total. The van der Waals surface area contributed by atoms with Crippen LogP contribution in [-0.2, 0) is 0 Å². The summed E-state index contributed by atoms with van der Waals surface area (Å²) in [5, 5.41) is 6.37. The van der Waals surface area contributed by atoms with Crippen molar-refractivity contribution in [3.8, 4) is 17.0 Å². The Morgan fingerprint density at radius 2 is 1.82 bits per heavy atom. The zero-order valence-corrected chi connectivity index (χ0v) is 9.81. The first-order valence-electron chi connectivity index (χ1n) is 5.48. The molecule has 1 N–H and O–H groups in total. The molecule has 0 aliphatic carbocycles. The van der Waals surface area contributed by atoms with Gasteiger partial charge in [0, 0.05) is 11.6 Å². The van der Waals surface area contributed by atoms with Crippen LogP contribution in [0.4, 0.5) is 0 Å². The molecule has 1 heterocycles. The maximum Gasteiger partial charge on any atom is 0.264 e. The molecule has 2 rings (SSSR count). The van der Waals surface area contributed by atoms with Gasteiger partial charge in [0.1, 0.15) is 5.75 Å². The van der Waals surface area contributed by atoms with Gasteiger partial charge < -0.3 is 4.74 Å². The number of aromatic amines is 1. The number of nitrogens with one attached hydrogen (secondary N) is 1. The van der Waals surface area contributed by atoms with E-state index in [9.17, 15) is 4.79 Å². The first-order valence-corrected chi connectivity index (χ1v) is 5.48. The van der Waals surface area contributed by atoms with Crippen LogP contribution in [0, 0.1) is 0 Å². The molecule has 0 saturated heterocycles. The third-order valence-corrected chi connectivity index (χ3v) is 2.20. The van der Waals surface area contributed by atoms with Gasteiger partial charge in [-0.05, 0) is 44.2 Å². The lowest BCUT2D eigenvalue weighted by atomic mass is 10.1. The van der Waals surface area contributed by atoms with Crippen LogP contribution >= 0.6 is 0 Å². The number of hydrogen-bond donors (Lipinski definition) is 1. The maximum absolute atomic E-state index is 10.9. The van der Waals surface area contributed by atoms with Gasteiger partial charge in [-0.1, -0.05) is 0 Å². The Kier molecular flexibility index (Phi) is 3.23. The molecule has 0 saturated carbocycles. The fraction of sp³-hybridized carbons (Fsp3) is 0.231. The van der Waals surface area contributed by atoms with E-state index in [1.54, 1.807) is 6.07 Å². The van der Waals surface area contributed by atoms with Gasteiger partial charge in [-0.2, -0.15) is 5.10 Å². The summed E-state index contributed by atoms with van der Waals surface area (Å²) < 4.78 is 5.55. The number of aromatic nitrogens is 2. The van der Waals surface area contributed by atoms with Gasteiger partial charge in [0.2, 0.25) is 0 Å². The third kappa shape index (κ3) is 2.93. The smallest absolute Gasteiger partial charge is 0.264 e. The summed E-state index contributed by atoms with van der Waals surface area (Å²) in [5.74, 6) is 0.827. The second-order valence-electron chi connectivity index (χ2n) is 4.00. The standard InChI is InChI=1S/C13H14N2O2/c1-9(2)17-11-5-3-10(4-6-11)12-7-8-13(16)15-14-12/h3-9H,1-2H3,(H,15,16). The fourth-order valence-electron chi connectivity index (χ4n) is 1.48. The summed E-state index contributed by atoms with van der Waals surface area (Å²) in [5.41, 5.74) is 1.48. The molecule has 0 unspecified atom stereocenters. The van der Waals surface area contributed by atoms with Crippen molar-refractivity contribution < 1.29 is 4.74 Å². The molecule has 1 aromatic carbocycles. The van der Waals surface area contributed by atoms with E-state index < -0.39 is 0 Å². The number of benzene rings is 1. The molecule has 0 spiro atoms. The lowest BCUT2D eigenvalue weighted by Crippen LogP contribution is -2.06. The predicted octanol–water partition coefficient (Wildman–Crippen LogP) is 2.22. The normalized spacial score (nSPS) is 10.5. The lowest BCUT2D eigenvalue weighted by molar-refractivity contribution is 0.242. The van der Waals surface area contributed by atoms with Crippen molar-refractivity contribution >= 4 is 0 Å². The molecule has 1 aromatic heterocycles. The average molecular weight is 230 g/mol. The molecule has 0 aliphatic rings. The van der Waals surface area contributed by atoms with Gasteiger partial charge in [0.25, 0.3) is 5.56 Å². The minimum Gasteiger partial charge on any atom is -0.491 e. The van der Waals surface area contributed by atoms with Crippen LogP contribution in [0.2, 0.25) is 0 Å². The molecular formula is C13H14N2O2. The van der Waals surface area contributed by atoms with Crippen molar-refractivity contribution in [2.75, 3.05) is 0 Å². The zero-order valence-electron chi connectivity index (χ0n) is 9.81. The van der Waals surface area contributed by atoms with Crippen LogP contribution in [-0.4, -0.2) is 16.3 Å². The van der Waals surface area contributed by atoms with Crippen LogP contribution in [0.3, 0.4) is 0 Å². The summed E-state index contributed by atoms with van der Waals surface area (Å²) in [7, 11) is 0. The minimum absolute atomic E-state index is 0.159. The largest absolute Gasteiger partial charge is 0.491 e. The summed E-state index contributed by atoms with van der Waals surface area (Å²) in [6.07, 6.45) is 0.159. The number of ether oxygens (including phenoxy) is 1. The maximum atomic E-state index is 10.9. The van der Waals surface area contributed by atoms with Gasteiger partial charge in [0.05, 0.1) is 11.8 Å². The van der Waals surface area contributed by atoms with Gasteiger partial charge in [-0.15, -0.1) is 0 Å². The molecular weight excluding hydrogens is 216 g/mol. The Morgan fingerprint density at radius 3 is 2.35 bits per heavy atom. The molecule has 88 valence electrons. The van der Waals surface area contributed by atoms with Crippen molar-refractivity contribution in [2.24, 2.45) is 0 Å².